The molecule has 1 aliphatic rings. The summed E-state index contributed by atoms with van der Waals surface area (Å²) in [6, 6.07) is 17.7. The van der Waals surface area contributed by atoms with Crippen LogP contribution in [0, 0.1) is 11.7 Å². The summed E-state index contributed by atoms with van der Waals surface area (Å²) in [5.41, 5.74) is 1.09. The first-order valence-electron chi connectivity index (χ1n) is 15.8. The summed E-state index contributed by atoms with van der Waals surface area (Å²) in [6.07, 6.45) is 1.31. The van der Waals surface area contributed by atoms with E-state index < -0.39 is 33.9 Å². The van der Waals surface area contributed by atoms with Crippen LogP contribution < -0.4 is 10.1 Å². The third-order valence-corrected chi connectivity index (χ3v) is 10.1. The van der Waals surface area contributed by atoms with Crippen LogP contribution in [0.5, 0.6) is 5.75 Å². The number of sulfonamides is 1. The van der Waals surface area contributed by atoms with Gasteiger partial charge in [0.1, 0.15) is 11.6 Å². The molecule has 10 nitrogen and oxygen atoms in total. The Hall–Kier alpha value is -3.84. The Balaban J connectivity index is 1.65. The van der Waals surface area contributed by atoms with E-state index in [1.807, 2.05) is 19.9 Å². The highest BCUT2D eigenvalue weighted by molar-refractivity contribution is 7.89. The molecule has 2 amide bonds. The molecule has 4 rings (SSSR count). The smallest absolute Gasteiger partial charge is 0.258 e. The second kappa shape index (κ2) is 16.3. The number of carbonyl (C=O) groups excluding carboxylic acids is 2. The van der Waals surface area contributed by atoms with Crippen molar-refractivity contribution in [1.29, 1.82) is 0 Å². The molecule has 0 radical (unpaired) electrons. The lowest BCUT2D eigenvalue weighted by atomic mass is 10.0. The van der Waals surface area contributed by atoms with E-state index >= 15 is 0 Å². The summed E-state index contributed by atoms with van der Waals surface area (Å²) >= 11 is 0. The number of likely N-dealkylation sites (N-methyl/N-ethyl adjacent to an activating group) is 1. The van der Waals surface area contributed by atoms with Gasteiger partial charge in [-0.2, -0.15) is 4.31 Å². The highest BCUT2D eigenvalue weighted by Crippen LogP contribution is 2.29. The molecular weight excluding hydrogens is 625 g/mol. The van der Waals surface area contributed by atoms with Crippen LogP contribution in [0.4, 0.5) is 10.1 Å². The van der Waals surface area contributed by atoms with E-state index in [4.69, 9.17) is 9.47 Å². The van der Waals surface area contributed by atoms with E-state index in [-0.39, 0.29) is 48.1 Å². The summed E-state index contributed by atoms with van der Waals surface area (Å²) in [6.45, 7) is 5.68. The minimum Gasteiger partial charge on any atom is -0.490 e. The van der Waals surface area contributed by atoms with Gasteiger partial charge in [-0.1, -0.05) is 25.1 Å². The number of anilines is 1. The van der Waals surface area contributed by atoms with E-state index in [1.165, 1.54) is 28.4 Å². The Morgan fingerprint density at radius 3 is 2.47 bits per heavy atom. The average Bonchev–Trinajstić information content (AvgIpc) is 3.06. The van der Waals surface area contributed by atoms with Gasteiger partial charge in [0.05, 0.1) is 35.3 Å². The van der Waals surface area contributed by atoms with Gasteiger partial charge >= 0.3 is 0 Å². The number of halogens is 1. The molecular formula is C35H44FN3O7S. The van der Waals surface area contributed by atoms with Crippen LogP contribution >= 0.6 is 0 Å². The molecule has 47 heavy (non-hydrogen) atoms. The molecule has 0 aliphatic carbocycles. The largest absolute Gasteiger partial charge is 0.490 e. The molecule has 12 heteroatoms. The number of benzene rings is 3. The summed E-state index contributed by atoms with van der Waals surface area (Å²) in [7, 11) is -2.51. The van der Waals surface area contributed by atoms with Crippen molar-refractivity contribution in [3.8, 4) is 5.75 Å². The van der Waals surface area contributed by atoms with Crippen LogP contribution in [0.2, 0.25) is 0 Å². The molecule has 4 atom stereocenters. The van der Waals surface area contributed by atoms with Gasteiger partial charge in [-0.3, -0.25) is 9.59 Å². The molecule has 0 spiro atoms. The minimum atomic E-state index is -3.95. The van der Waals surface area contributed by atoms with Crippen LogP contribution in [0.25, 0.3) is 0 Å². The maximum absolute atomic E-state index is 14.3. The first kappa shape index (κ1) is 36.0. The number of hydrogen-bond donors (Lipinski definition) is 2. The molecule has 0 aromatic heterocycles. The van der Waals surface area contributed by atoms with E-state index in [1.54, 1.807) is 49.4 Å². The summed E-state index contributed by atoms with van der Waals surface area (Å²) in [5, 5.41) is 13.0. The molecule has 1 aliphatic heterocycles. The molecule has 0 saturated carbocycles. The van der Waals surface area contributed by atoms with Crippen molar-refractivity contribution >= 4 is 27.5 Å². The Bertz CT molecular complexity index is 1610. The molecule has 0 bridgehead atoms. The maximum Gasteiger partial charge on any atom is 0.258 e. The second-order valence-electron chi connectivity index (χ2n) is 12.1. The van der Waals surface area contributed by atoms with Crippen molar-refractivity contribution in [3.63, 3.8) is 0 Å². The number of amides is 2. The van der Waals surface area contributed by atoms with Gasteiger partial charge in [0.15, 0.2) is 0 Å². The standard InChI is InChI=1S/C35H44FN3O7S/c1-24-21-39(25(2)23-40)35(42)31-20-29(37-34(41)27-11-6-5-7-12-27)15-18-32(31)46-26(3)10-8-9-19-45-33(24)22-38(4)47(43,44)30-16-13-28(36)14-17-30/h5-7,11-18,20,24-26,33,40H,8-10,19,21-23H2,1-4H3,(H,37,41)/t24-,25+,26-,33-/m1/s1. The van der Waals surface area contributed by atoms with Gasteiger partial charge in [-0.05, 0) is 87.7 Å². The monoisotopic (exact) mass is 669 g/mol. The van der Waals surface area contributed by atoms with Gasteiger partial charge in [0, 0.05) is 43.9 Å². The molecule has 254 valence electrons. The van der Waals surface area contributed by atoms with Crippen LogP contribution in [-0.2, 0) is 14.8 Å². The van der Waals surface area contributed by atoms with Crippen LogP contribution in [0.15, 0.2) is 77.7 Å². The Kier molecular flexibility index (Phi) is 12.5. The number of hydrogen-bond acceptors (Lipinski definition) is 7. The van der Waals surface area contributed by atoms with E-state index in [0.29, 0.717) is 36.4 Å². The van der Waals surface area contributed by atoms with Crippen molar-refractivity contribution in [1.82, 2.24) is 9.21 Å². The van der Waals surface area contributed by atoms with Crippen molar-refractivity contribution < 1.29 is 37.0 Å². The third kappa shape index (κ3) is 9.38. The number of aliphatic hydroxyl groups is 1. The minimum absolute atomic E-state index is 0.0117. The molecule has 2 N–H and O–H groups in total. The van der Waals surface area contributed by atoms with Gasteiger partial charge in [0.2, 0.25) is 10.0 Å². The molecule has 0 saturated heterocycles. The predicted molar refractivity (Wildman–Crippen MR) is 177 cm³/mol. The Morgan fingerprint density at radius 1 is 1.09 bits per heavy atom. The lowest BCUT2D eigenvalue weighted by Crippen LogP contribution is -2.48. The fourth-order valence-corrected chi connectivity index (χ4v) is 6.58. The van der Waals surface area contributed by atoms with E-state index in [2.05, 4.69) is 5.32 Å². The van der Waals surface area contributed by atoms with Crippen molar-refractivity contribution in [2.75, 3.05) is 38.7 Å². The van der Waals surface area contributed by atoms with Crippen molar-refractivity contribution in [2.45, 2.75) is 63.2 Å². The summed E-state index contributed by atoms with van der Waals surface area (Å²) < 4.78 is 53.9. The quantitative estimate of drug-likeness (QED) is 0.338. The number of nitrogens with zero attached hydrogens (tertiary/aromatic N) is 2. The second-order valence-corrected chi connectivity index (χ2v) is 14.1. The molecule has 1 heterocycles. The Labute approximate surface area is 276 Å². The zero-order valence-electron chi connectivity index (χ0n) is 27.3. The Morgan fingerprint density at radius 2 is 1.79 bits per heavy atom. The lowest BCUT2D eigenvalue weighted by Gasteiger charge is -2.35. The van der Waals surface area contributed by atoms with Gasteiger partial charge < -0.3 is 24.8 Å². The van der Waals surface area contributed by atoms with Crippen LogP contribution in [0.3, 0.4) is 0 Å². The third-order valence-electron chi connectivity index (χ3n) is 8.30. The van der Waals surface area contributed by atoms with Crippen LogP contribution in [0.1, 0.15) is 60.7 Å². The topological polar surface area (TPSA) is 125 Å². The first-order chi connectivity index (χ1) is 22.4. The van der Waals surface area contributed by atoms with E-state index in [9.17, 15) is 27.5 Å². The lowest BCUT2D eigenvalue weighted by molar-refractivity contribution is -0.00834. The van der Waals surface area contributed by atoms with Crippen LogP contribution in [-0.4, -0.2) is 86.1 Å². The van der Waals surface area contributed by atoms with Crippen molar-refractivity contribution in [3.05, 3.63) is 89.7 Å². The molecule has 3 aromatic rings. The number of ether oxygens (including phenoxy) is 2. The number of aliphatic hydroxyl groups excluding tert-OH is 1. The van der Waals surface area contributed by atoms with Crippen molar-refractivity contribution in [2.24, 2.45) is 5.92 Å². The van der Waals surface area contributed by atoms with E-state index in [0.717, 1.165) is 18.6 Å². The van der Waals surface area contributed by atoms with Gasteiger partial charge in [0.25, 0.3) is 11.8 Å². The molecule has 0 fully saturated rings. The fraction of sp³-hybridized carbons (Fsp3) is 0.429. The fourth-order valence-electron chi connectivity index (χ4n) is 5.39. The number of fused-ring (bicyclic) bond motifs is 1. The zero-order chi connectivity index (χ0) is 34.1. The number of nitrogens with one attached hydrogen (secondary N) is 1. The summed E-state index contributed by atoms with van der Waals surface area (Å²) in [4.78, 5) is 28.7. The average molecular weight is 670 g/mol. The molecule has 0 unspecified atom stereocenters. The van der Waals surface area contributed by atoms with Gasteiger partial charge in [-0.15, -0.1) is 0 Å². The SMILES string of the molecule is C[C@@H]1CCCCO[C@H](CN(C)S(=O)(=O)c2ccc(F)cc2)[C@H](C)CN([C@@H](C)CO)C(=O)c2cc(NC(=O)c3ccccc3)ccc2O1. The maximum atomic E-state index is 14.3. The summed E-state index contributed by atoms with van der Waals surface area (Å²) in [5.74, 6) is -1.30. The highest BCUT2D eigenvalue weighted by atomic mass is 32.2. The first-order valence-corrected chi connectivity index (χ1v) is 17.3. The zero-order valence-corrected chi connectivity index (χ0v) is 28.1. The highest BCUT2D eigenvalue weighted by Gasteiger charge is 2.32. The predicted octanol–water partition coefficient (Wildman–Crippen LogP) is 5.19. The van der Waals surface area contributed by atoms with Gasteiger partial charge in [-0.25, -0.2) is 12.8 Å². The number of carbonyl (C=O) groups is 2. The normalized spacial score (nSPS) is 20.5. The number of rotatable bonds is 8. The molecule has 3 aromatic carbocycles.